The van der Waals surface area contributed by atoms with Crippen molar-refractivity contribution >= 4 is 5.65 Å². The largest absolute Gasteiger partial charge is 0.303 e. The summed E-state index contributed by atoms with van der Waals surface area (Å²) in [6.45, 7) is 2.25. The summed E-state index contributed by atoms with van der Waals surface area (Å²) in [7, 11) is 0. The quantitative estimate of drug-likeness (QED) is 0.802. The number of pyridine rings is 1. The first kappa shape index (κ1) is 13.6. The number of nitrogens with one attached hydrogen (secondary N) is 1. The van der Waals surface area contributed by atoms with Gasteiger partial charge in [0.25, 0.3) is 0 Å². The van der Waals surface area contributed by atoms with Crippen LogP contribution < -0.4 is 5.32 Å². The average molecular weight is 288 g/mol. The van der Waals surface area contributed by atoms with E-state index in [1.54, 1.807) is 0 Å². The van der Waals surface area contributed by atoms with Gasteiger partial charge in [-0.3, -0.25) is 4.40 Å². The Balaban J connectivity index is 1.75. The Kier molecular flexibility index (Phi) is 3.62. The molecular formula is C15H14F2N4. The zero-order valence-electron chi connectivity index (χ0n) is 11.4. The van der Waals surface area contributed by atoms with Gasteiger partial charge in [0, 0.05) is 23.9 Å². The van der Waals surface area contributed by atoms with Gasteiger partial charge in [-0.05, 0) is 25.1 Å². The summed E-state index contributed by atoms with van der Waals surface area (Å²) in [5, 5.41) is 11.3. The third kappa shape index (κ3) is 2.75. The summed E-state index contributed by atoms with van der Waals surface area (Å²) >= 11 is 0. The Bertz CT molecular complexity index is 769. The highest BCUT2D eigenvalue weighted by Crippen LogP contribution is 2.18. The minimum absolute atomic E-state index is 0.262. The zero-order chi connectivity index (χ0) is 14.8. The molecule has 0 radical (unpaired) electrons. The van der Waals surface area contributed by atoms with Crippen molar-refractivity contribution in [1.29, 1.82) is 0 Å². The van der Waals surface area contributed by atoms with E-state index in [-0.39, 0.29) is 6.04 Å². The van der Waals surface area contributed by atoms with E-state index in [9.17, 15) is 8.78 Å². The molecule has 0 amide bonds. The fraction of sp³-hybridized carbons (Fsp3) is 0.200. The molecule has 4 nitrogen and oxygen atoms in total. The van der Waals surface area contributed by atoms with E-state index in [1.807, 2.05) is 35.7 Å². The minimum atomic E-state index is -0.577. The zero-order valence-corrected chi connectivity index (χ0v) is 11.4. The smallest absolute Gasteiger partial charge is 0.160 e. The minimum Gasteiger partial charge on any atom is -0.303 e. The number of fused-ring (bicyclic) bond motifs is 1. The average Bonchev–Trinajstić information content (AvgIpc) is 2.88. The Morgan fingerprint density at radius 2 is 2.05 bits per heavy atom. The summed E-state index contributed by atoms with van der Waals surface area (Å²) in [4.78, 5) is 0. The molecule has 0 aliphatic heterocycles. The lowest BCUT2D eigenvalue weighted by Crippen LogP contribution is -2.20. The van der Waals surface area contributed by atoms with Gasteiger partial charge in [0.2, 0.25) is 0 Å². The molecule has 1 N–H and O–H groups in total. The standard InChI is InChI=1S/C15H14F2N4/c1-10(12-6-5-11(16)8-13(12)17)18-9-15-20-19-14-4-2-3-7-21(14)15/h2-8,10,18H,9H2,1H3. The molecule has 2 heterocycles. The molecule has 3 aromatic rings. The number of aromatic nitrogens is 3. The summed E-state index contributed by atoms with van der Waals surface area (Å²) in [5.74, 6) is -0.395. The highest BCUT2D eigenvalue weighted by Gasteiger charge is 2.12. The van der Waals surface area contributed by atoms with Gasteiger partial charge in [-0.25, -0.2) is 8.78 Å². The third-order valence-corrected chi connectivity index (χ3v) is 3.38. The third-order valence-electron chi connectivity index (χ3n) is 3.38. The first-order valence-corrected chi connectivity index (χ1v) is 6.62. The van der Waals surface area contributed by atoms with E-state index in [4.69, 9.17) is 0 Å². The van der Waals surface area contributed by atoms with Gasteiger partial charge in [-0.2, -0.15) is 0 Å². The predicted molar refractivity (Wildman–Crippen MR) is 74.6 cm³/mol. The molecule has 6 heteroatoms. The van der Waals surface area contributed by atoms with Crippen LogP contribution in [0, 0.1) is 11.6 Å². The van der Waals surface area contributed by atoms with E-state index >= 15 is 0 Å². The van der Waals surface area contributed by atoms with Gasteiger partial charge in [0.05, 0.1) is 6.54 Å². The predicted octanol–water partition coefficient (Wildman–Crippen LogP) is 2.86. The maximum atomic E-state index is 13.7. The fourth-order valence-corrected chi connectivity index (χ4v) is 2.22. The molecule has 1 atom stereocenters. The molecule has 0 saturated carbocycles. The molecule has 0 spiro atoms. The van der Waals surface area contributed by atoms with Crippen molar-refractivity contribution in [3.63, 3.8) is 0 Å². The fourth-order valence-electron chi connectivity index (χ4n) is 2.22. The summed E-state index contributed by atoms with van der Waals surface area (Å²) < 4.78 is 28.5. The first-order valence-electron chi connectivity index (χ1n) is 6.62. The highest BCUT2D eigenvalue weighted by molar-refractivity contribution is 5.37. The van der Waals surface area contributed by atoms with E-state index < -0.39 is 11.6 Å². The van der Waals surface area contributed by atoms with Crippen molar-refractivity contribution < 1.29 is 8.78 Å². The van der Waals surface area contributed by atoms with E-state index in [2.05, 4.69) is 15.5 Å². The number of halogens is 2. The van der Waals surface area contributed by atoms with Gasteiger partial charge in [-0.1, -0.05) is 12.1 Å². The van der Waals surface area contributed by atoms with Crippen LogP contribution >= 0.6 is 0 Å². The first-order chi connectivity index (χ1) is 10.1. The van der Waals surface area contributed by atoms with Crippen molar-refractivity contribution in [3.8, 4) is 0 Å². The Labute approximate surface area is 120 Å². The molecule has 108 valence electrons. The van der Waals surface area contributed by atoms with E-state index in [0.29, 0.717) is 12.1 Å². The van der Waals surface area contributed by atoms with Crippen LogP contribution in [0.25, 0.3) is 5.65 Å². The highest BCUT2D eigenvalue weighted by atomic mass is 19.1. The molecule has 0 aliphatic carbocycles. The van der Waals surface area contributed by atoms with Crippen LogP contribution in [-0.4, -0.2) is 14.6 Å². The van der Waals surface area contributed by atoms with Crippen LogP contribution in [-0.2, 0) is 6.54 Å². The van der Waals surface area contributed by atoms with Crippen LogP contribution in [0.3, 0.4) is 0 Å². The SMILES string of the molecule is CC(NCc1nnc2ccccn12)c1ccc(F)cc1F. The number of nitrogens with zero attached hydrogens (tertiary/aromatic N) is 3. The summed E-state index contributed by atoms with van der Waals surface area (Å²) in [6, 6.07) is 8.97. The molecule has 1 aromatic carbocycles. The Hall–Kier alpha value is -2.34. The number of hydrogen-bond acceptors (Lipinski definition) is 3. The molecule has 0 aliphatic rings. The maximum Gasteiger partial charge on any atom is 0.160 e. The molecule has 0 saturated heterocycles. The van der Waals surface area contributed by atoms with Gasteiger partial charge >= 0.3 is 0 Å². The molecule has 3 rings (SSSR count). The van der Waals surface area contributed by atoms with Crippen molar-refractivity contribution in [1.82, 2.24) is 19.9 Å². The number of rotatable bonds is 4. The Morgan fingerprint density at radius 3 is 2.86 bits per heavy atom. The van der Waals surface area contributed by atoms with Crippen molar-refractivity contribution in [2.45, 2.75) is 19.5 Å². The Morgan fingerprint density at radius 1 is 1.19 bits per heavy atom. The normalized spacial score (nSPS) is 12.7. The van der Waals surface area contributed by atoms with Crippen LogP contribution in [0.5, 0.6) is 0 Å². The van der Waals surface area contributed by atoms with E-state index in [1.165, 1.54) is 12.1 Å². The second-order valence-electron chi connectivity index (χ2n) is 4.81. The number of hydrogen-bond donors (Lipinski definition) is 1. The van der Waals surface area contributed by atoms with Gasteiger partial charge in [0.15, 0.2) is 11.5 Å². The van der Waals surface area contributed by atoms with Crippen molar-refractivity contribution in [2.24, 2.45) is 0 Å². The summed E-state index contributed by atoms with van der Waals surface area (Å²) in [5.41, 5.74) is 1.18. The number of benzene rings is 1. The van der Waals surface area contributed by atoms with Crippen LogP contribution in [0.1, 0.15) is 24.4 Å². The van der Waals surface area contributed by atoms with Crippen LogP contribution in [0.15, 0.2) is 42.6 Å². The second-order valence-corrected chi connectivity index (χ2v) is 4.81. The van der Waals surface area contributed by atoms with Gasteiger partial charge in [0.1, 0.15) is 11.6 Å². The lowest BCUT2D eigenvalue weighted by Gasteiger charge is -2.14. The molecular weight excluding hydrogens is 274 g/mol. The monoisotopic (exact) mass is 288 g/mol. The summed E-state index contributed by atoms with van der Waals surface area (Å²) in [6.07, 6.45) is 1.87. The molecule has 2 aromatic heterocycles. The van der Waals surface area contributed by atoms with Crippen LogP contribution in [0.2, 0.25) is 0 Å². The van der Waals surface area contributed by atoms with Gasteiger partial charge in [-0.15, -0.1) is 10.2 Å². The lowest BCUT2D eigenvalue weighted by atomic mass is 10.1. The topological polar surface area (TPSA) is 42.2 Å². The van der Waals surface area contributed by atoms with E-state index in [0.717, 1.165) is 17.5 Å². The maximum absolute atomic E-state index is 13.7. The second kappa shape index (κ2) is 5.57. The molecule has 0 bridgehead atoms. The molecule has 0 fully saturated rings. The van der Waals surface area contributed by atoms with Gasteiger partial charge < -0.3 is 5.32 Å². The molecule has 21 heavy (non-hydrogen) atoms. The lowest BCUT2D eigenvalue weighted by molar-refractivity contribution is 0.510. The van der Waals surface area contributed by atoms with Crippen LogP contribution in [0.4, 0.5) is 8.78 Å². The van der Waals surface area contributed by atoms with Crippen molar-refractivity contribution in [2.75, 3.05) is 0 Å². The molecule has 1 unspecified atom stereocenters. The van der Waals surface area contributed by atoms with Crippen molar-refractivity contribution in [3.05, 3.63) is 65.6 Å².